The van der Waals surface area contributed by atoms with Crippen LogP contribution in [0, 0.1) is 6.92 Å². The van der Waals surface area contributed by atoms with Gasteiger partial charge in [-0.15, -0.1) is 0 Å². The van der Waals surface area contributed by atoms with Gasteiger partial charge in [-0.05, 0) is 31.5 Å². The zero-order chi connectivity index (χ0) is 13.5. The van der Waals surface area contributed by atoms with Crippen LogP contribution < -0.4 is 5.32 Å². The van der Waals surface area contributed by atoms with Crippen LogP contribution in [0.2, 0.25) is 5.02 Å². The van der Waals surface area contributed by atoms with Gasteiger partial charge in [0.25, 0.3) is 0 Å². The number of hydrogen-bond donors (Lipinski definition) is 1. The third kappa shape index (κ3) is 4.75. The summed E-state index contributed by atoms with van der Waals surface area (Å²) in [4.78, 5) is 22.6. The van der Waals surface area contributed by atoms with Crippen molar-refractivity contribution < 1.29 is 14.3 Å². The van der Waals surface area contributed by atoms with Crippen LogP contribution in [0.25, 0.3) is 0 Å². The Bertz CT molecular complexity index is 446. The molecule has 1 amide bonds. The summed E-state index contributed by atoms with van der Waals surface area (Å²) >= 11 is 5.94. The van der Waals surface area contributed by atoms with Crippen molar-refractivity contribution in [1.82, 2.24) is 0 Å². The lowest BCUT2D eigenvalue weighted by Crippen LogP contribution is -2.14. The fourth-order valence-corrected chi connectivity index (χ4v) is 1.52. The van der Waals surface area contributed by atoms with Crippen molar-refractivity contribution in [3.63, 3.8) is 0 Å². The lowest BCUT2D eigenvalue weighted by Gasteiger charge is -2.06. The highest BCUT2D eigenvalue weighted by Gasteiger charge is 2.08. The van der Waals surface area contributed by atoms with Gasteiger partial charge in [0.1, 0.15) is 0 Å². The Balaban J connectivity index is 2.44. The number of halogens is 1. The number of amides is 1. The average molecular weight is 270 g/mol. The van der Waals surface area contributed by atoms with Gasteiger partial charge in [-0.1, -0.05) is 17.7 Å². The zero-order valence-corrected chi connectivity index (χ0v) is 11.2. The molecular weight excluding hydrogens is 254 g/mol. The highest BCUT2D eigenvalue weighted by molar-refractivity contribution is 6.31. The molecule has 0 aromatic heterocycles. The van der Waals surface area contributed by atoms with Crippen molar-refractivity contribution in [1.29, 1.82) is 0 Å². The standard InChI is InChI=1S/C13H16ClNO3/c1-3-18-13(17)7-6-12(16)15-10-5-4-9(2)11(14)8-10/h4-5,8H,3,6-7H2,1-2H3,(H,15,16). The highest BCUT2D eigenvalue weighted by atomic mass is 35.5. The van der Waals surface area contributed by atoms with Gasteiger partial charge in [0.2, 0.25) is 5.91 Å². The Morgan fingerprint density at radius 1 is 1.33 bits per heavy atom. The first-order chi connectivity index (χ1) is 8.52. The molecule has 0 saturated carbocycles. The monoisotopic (exact) mass is 269 g/mol. The Hall–Kier alpha value is -1.55. The topological polar surface area (TPSA) is 55.4 Å². The van der Waals surface area contributed by atoms with Crippen molar-refractivity contribution in [2.24, 2.45) is 0 Å². The van der Waals surface area contributed by atoms with E-state index in [4.69, 9.17) is 16.3 Å². The van der Waals surface area contributed by atoms with Crippen LogP contribution in [-0.4, -0.2) is 18.5 Å². The fourth-order valence-electron chi connectivity index (χ4n) is 1.34. The van der Waals surface area contributed by atoms with Crippen molar-refractivity contribution >= 4 is 29.2 Å². The first-order valence-electron chi connectivity index (χ1n) is 5.74. The number of benzene rings is 1. The number of carbonyl (C=O) groups excluding carboxylic acids is 2. The van der Waals surface area contributed by atoms with Gasteiger partial charge in [0.05, 0.1) is 13.0 Å². The minimum Gasteiger partial charge on any atom is -0.466 e. The third-order valence-corrected chi connectivity index (χ3v) is 2.72. The molecule has 0 atom stereocenters. The van der Waals surface area contributed by atoms with E-state index in [0.29, 0.717) is 17.3 Å². The van der Waals surface area contributed by atoms with E-state index in [1.807, 2.05) is 13.0 Å². The molecule has 0 unspecified atom stereocenters. The van der Waals surface area contributed by atoms with Crippen molar-refractivity contribution in [2.75, 3.05) is 11.9 Å². The number of hydrogen-bond acceptors (Lipinski definition) is 3. The van der Waals surface area contributed by atoms with E-state index in [1.165, 1.54) is 0 Å². The van der Waals surface area contributed by atoms with Crippen LogP contribution in [0.15, 0.2) is 18.2 Å². The summed E-state index contributed by atoms with van der Waals surface area (Å²) in [5, 5.41) is 3.27. The van der Waals surface area contributed by atoms with E-state index >= 15 is 0 Å². The van der Waals surface area contributed by atoms with E-state index in [-0.39, 0.29) is 24.7 Å². The summed E-state index contributed by atoms with van der Waals surface area (Å²) in [6.07, 6.45) is 0.184. The molecule has 5 heteroatoms. The maximum Gasteiger partial charge on any atom is 0.306 e. The van der Waals surface area contributed by atoms with Gasteiger partial charge in [-0.2, -0.15) is 0 Å². The maximum atomic E-state index is 11.6. The Kier molecular flexibility index (Phi) is 5.65. The van der Waals surface area contributed by atoms with E-state index in [1.54, 1.807) is 19.1 Å². The molecule has 4 nitrogen and oxygen atoms in total. The second-order valence-electron chi connectivity index (χ2n) is 3.82. The predicted molar refractivity (Wildman–Crippen MR) is 70.7 cm³/mol. The molecule has 1 N–H and O–H groups in total. The lowest BCUT2D eigenvalue weighted by molar-refractivity contribution is -0.144. The molecule has 1 rings (SSSR count). The quantitative estimate of drug-likeness (QED) is 0.836. The number of aryl methyl sites for hydroxylation is 1. The number of esters is 1. The molecule has 0 aliphatic heterocycles. The number of rotatable bonds is 5. The highest BCUT2D eigenvalue weighted by Crippen LogP contribution is 2.20. The first kappa shape index (κ1) is 14.5. The maximum absolute atomic E-state index is 11.6. The molecule has 0 heterocycles. The molecule has 0 aliphatic carbocycles. The van der Waals surface area contributed by atoms with Gasteiger partial charge >= 0.3 is 5.97 Å². The van der Waals surface area contributed by atoms with E-state index in [9.17, 15) is 9.59 Å². The minimum absolute atomic E-state index is 0.0826. The summed E-state index contributed by atoms with van der Waals surface area (Å²) < 4.78 is 4.74. The van der Waals surface area contributed by atoms with Crippen LogP contribution in [-0.2, 0) is 14.3 Å². The third-order valence-electron chi connectivity index (χ3n) is 2.32. The molecule has 0 aliphatic rings. The van der Waals surface area contributed by atoms with Gasteiger partial charge in [-0.25, -0.2) is 0 Å². The molecule has 18 heavy (non-hydrogen) atoms. The summed E-state index contributed by atoms with van der Waals surface area (Å²) in [5.41, 5.74) is 1.57. The van der Waals surface area contributed by atoms with Crippen LogP contribution in [0.1, 0.15) is 25.3 Å². The SMILES string of the molecule is CCOC(=O)CCC(=O)Nc1ccc(C)c(Cl)c1. The van der Waals surface area contributed by atoms with Gasteiger partial charge in [0.15, 0.2) is 0 Å². The molecule has 0 saturated heterocycles. The van der Waals surface area contributed by atoms with Crippen molar-refractivity contribution in [2.45, 2.75) is 26.7 Å². The van der Waals surface area contributed by atoms with E-state index in [2.05, 4.69) is 5.32 Å². The first-order valence-corrected chi connectivity index (χ1v) is 6.12. The molecule has 0 spiro atoms. The van der Waals surface area contributed by atoms with Crippen molar-refractivity contribution in [3.05, 3.63) is 28.8 Å². The number of anilines is 1. The molecule has 1 aromatic rings. The number of ether oxygens (including phenoxy) is 1. The van der Waals surface area contributed by atoms with Crippen LogP contribution in [0.5, 0.6) is 0 Å². The van der Waals surface area contributed by atoms with Gasteiger partial charge in [0, 0.05) is 17.1 Å². The second-order valence-corrected chi connectivity index (χ2v) is 4.22. The van der Waals surface area contributed by atoms with E-state index in [0.717, 1.165) is 5.56 Å². The minimum atomic E-state index is -0.366. The summed E-state index contributed by atoms with van der Waals surface area (Å²) in [5.74, 6) is -0.599. The zero-order valence-electron chi connectivity index (χ0n) is 10.5. The molecular formula is C13H16ClNO3. The lowest BCUT2D eigenvalue weighted by atomic mass is 10.2. The van der Waals surface area contributed by atoms with Crippen LogP contribution >= 0.6 is 11.6 Å². The Morgan fingerprint density at radius 3 is 2.67 bits per heavy atom. The van der Waals surface area contributed by atoms with Crippen LogP contribution in [0.4, 0.5) is 5.69 Å². The Morgan fingerprint density at radius 2 is 2.06 bits per heavy atom. The van der Waals surface area contributed by atoms with Gasteiger partial charge in [-0.3, -0.25) is 9.59 Å². The van der Waals surface area contributed by atoms with E-state index < -0.39 is 0 Å². The fraction of sp³-hybridized carbons (Fsp3) is 0.385. The predicted octanol–water partition coefficient (Wildman–Crippen LogP) is 2.93. The largest absolute Gasteiger partial charge is 0.466 e. The summed E-state index contributed by atoms with van der Waals surface area (Å²) in [6.45, 7) is 3.94. The second kappa shape index (κ2) is 7.01. The summed E-state index contributed by atoms with van der Waals surface area (Å²) in [6, 6.07) is 5.27. The molecule has 98 valence electrons. The average Bonchev–Trinajstić information content (AvgIpc) is 2.32. The molecule has 1 aromatic carbocycles. The van der Waals surface area contributed by atoms with Gasteiger partial charge < -0.3 is 10.1 Å². The number of nitrogens with one attached hydrogen (secondary N) is 1. The number of carbonyl (C=O) groups is 2. The summed E-state index contributed by atoms with van der Waals surface area (Å²) in [7, 11) is 0. The normalized spacial score (nSPS) is 9.94. The molecule has 0 radical (unpaired) electrons. The molecule has 0 bridgehead atoms. The Labute approximate surface area is 111 Å². The van der Waals surface area contributed by atoms with Crippen LogP contribution in [0.3, 0.4) is 0 Å². The van der Waals surface area contributed by atoms with Crippen molar-refractivity contribution in [3.8, 4) is 0 Å². The molecule has 0 fully saturated rings. The smallest absolute Gasteiger partial charge is 0.306 e.